The van der Waals surface area contributed by atoms with Gasteiger partial charge in [0.25, 0.3) is 10.6 Å². The summed E-state index contributed by atoms with van der Waals surface area (Å²) < 4.78 is 5.45. The number of aliphatic hydroxyl groups is 1. The molecule has 1 amide bonds. The van der Waals surface area contributed by atoms with Crippen LogP contribution in [0.3, 0.4) is 0 Å². The lowest BCUT2D eigenvalue weighted by atomic mass is 9.84. The number of nitro benzene ring substituents is 1. The molecule has 2 fully saturated rings. The maximum atomic E-state index is 13.3. The Labute approximate surface area is 187 Å². The Kier molecular flexibility index (Phi) is 5.74. The summed E-state index contributed by atoms with van der Waals surface area (Å²) in [5.41, 5.74) is 0.405. The summed E-state index contributed by atoms with van der Waals surface area (Å²) in [6.07, 6.45) is -0.987. The Balaban J connectivity index is 1.61. The summed E-state index contributed by atoms with van der Waals surface area (Å²) >= 11 is 0.947. The number of non-ortho nitro benzene ring substituents is 1. The number of benzene rings is 2. The van der Waals surface area contributed by atoms with E-state index in [1.165, 1.54) is 36.1 Å². The number of esters is 1. The normalized spacial score (nSPS) is 25.1. The number of Topliss-reactive ketones (excluding diaryl/α,β-unsaturated/α-hetero) is 1. The fraction of sp³-hybridized carbons (Fsp3) is 0.318. The Hall–Kier alpha value is -3.24. The lowest BCUT2D eigenvalue weighted by Crippen LogP contribution is -2.69. The van der Waals surface area contributed by atoms with Gasteiger partial charge in [-0.05, 0) is 36.8 Å². The van der Waals surface area contributed by atoms with Crippen molar-refractivity contribution in [2.75, 3.05) is 0 Å². The van der Waals surface area contributed by atoms with Gasteiger partial charge in [-0.3, -0.25) is 19.7 Å². The van der Waals surface area contributed by atoms with Crippen LogP contribution in [0, 0.1) is 16.0 Å². The minimum absolute atomic E-state index is 0.0478. The van der Waals surface area contributed by atoms with E-state index in [0.717, 1.165) is 11.8 Å². The zero-order valence-corrected chi connectivity index (χ0v) is 17.9. The second-order valence-corrected chi connectivity index (χ2v) is 8.99. The highest BCUT2D eigenvalue weighted by Gasteiger charge is 2.70. The van der Waals surface area contributed by atoms with Crippen LogP contribution in [0.5, 0.6) is 0 Å². The molecule has 0 aromatic heterocycles. The average Bonchev–Trinajstić information content (AvgIpc) is 3.01. The maximum Gasteiger partial charge on any atom is 0.351 e. The molecule has 0 bridgehead atoms. The SMILES string of the molecule is C[C@@H](O)[C@H]1C(=O)N2[C@@H]1CC(=O)[C@@]2(Sc1ccccc1)C(=O)OCc1ccc([N+](=O)[O-])cc1. The number of carbonyl (C=O) groups excluding carboxylic acids is 3. The zero-order chi connectivity index (χ0) is 23.0. The number of hydrogen-bond acceptors (Lipinski definition) is 8. The van der Waals surface area contributed by atoms with Crippen molar-refractivity contribution < 1.29 is 29.2 Å². The second-order valence-electron chi connectivity index (χ2n) is 7.73. The van der Waals surface area contributed by atoms with E-state index in [-0.39, 0.29) is 18.7 Å². The largest absolute Gasteiger partial charge is 0.458 e. The minimum Gasteiger partial charge on any atom is -0.458 e. The molecule has 9 nitrogen and oxygen atoms in total. The summed E-state index contributed by atoms with van der Waals surface area (Å²) in [6, 6.07) is 13.7. The predicted octanol–water partition coefficient (Wildman–Crippen LogP) is 2.31. The molecule has 0 saturated carbocycles. The van der Waals surface area contributed by atoms with E-state index in [1.807, 2.05) is 0 Å². The fourth-order valence-corrected chi connectivity index (χ4v) is 5.44. The molecular weight excluding hydrogens is 436 g/mol. The minimum atomic E-state index is -1.88. The van der Waals surface area contributed by atoms with Crippen LogP contribution in [0.4, 0.5) is 5.69 Å². The van der Waals surface area contributed by atoms with E-state index in [0.29, 0.717) is 10.5 Å². The molecule has 2 aliphatic heterocycles. The number of hydrogen-bond donors (Lipinski definition) is 1. The molecule has 2 aromatic rings. The van der Waals surface area contributed by atoms with Crippen molar-refractivity contribution in [1.82, 2.24) is 4.90 Å². The van der Waals surface area contributed by atoms with Gasteiger partial charge < -0.3 is 14.7 Å². The molecule has 2 heterocycles. The topological polar surface area (TPSA) is 127 Å². The van der Waals surface area contributed by atoms with Crippen molar-refractivity contribution in [2.45, 2.75) is 41.9 Å². The van der Waals surface area contributed by atoms with Crippen LogP contribution in [-0.4, -0.2) is 49.6 Å². The Bertz CT molecular complexity index is 1070. The van der Waals surface area contributed by atoms with Gasteiger partial charge >= 0.3 is 5.97 Å². The molecule has 166 valence electrons. The summed E-state index contributed by atoms with van der Waals surface area (Å²) in [7, 11) is 0. The van der Waals surface area contributed by atoms with E-state index in [1.54, 1.807) is 30.3 Å². The van der Waals surface area contributed by atoms with Crippen LogP contribution in [0.15, 0.2) is 59.5 Å². The molecule has 2 aromatic carbocycles. The Morgan fingerprint density at radius 2 is 1.91 bits per heavy atom. The summed E-state index contributed by atoms with van der Waals surface area (Å²) in [4.78, 5) is 49.6. The number of nitrogens with zero attached hydrogens (tertiary/aromatic N) is 2. The number of fused-ring (bicyclic) bond motifs is 1. The first kappa shape index (κ1) is 22.0. The second kappa shape index (κ2) is 8.36. The Morgan fingerprint density at radius 1 is 1.25 bits per heavy atom. The molecule has 0 unspecified atom stereocenters. The third-order valence-corrected chi connectivity index (χ3v) is 7.10. The third kappa shape index (κ3) is 3.55. The van der Waals surface area contributed by atoms with E-state index in [9.17, 15) is 29.6 Å². The van der Waals surface area contributed by atoms with Gasteiger partial charge in [0, 0.05) is 23.4 Å². The third-order valence-electron chi connectivity index (χ3n) is 5.70. The van der Waals surface area contributed by atoms with E-state index in [4.69, 9.17) is 4.74 Å². The summed E-state index contributed by atoms with van der Waals surface area (Å²) in [5.74, 6) is -2.54. The molecule has 2 saturated heterocycles. The van der Waals surface area contributed by atoms with Gasteiger partial charge in [0.1, 0.15) is 6.61 Å². The number of thioether (sulfide) groups is 1. The van der Waals surface area contributed by atoms with Crippen molar-refractivity contribution >= 4 is 35.1 Å². The number of rotatable bonds is 7. The molecule has 10 heteroatoms. The van der Waals surface area contributed by atoms with E-state index in [2.05, 4.69) is 0 Å². The van der Waals surface area contributed by atoms with Crippen LogP contribution in [0.25, 0.3) is 0 Å². The number of carbonyl (C=O) groups is 3. The average molecular weight is 456 g/mol. The molecule has 1 N–H and O–H groups in total. The highest BCUT2D eigenvalue weighted by molar-refractivity contribution is 8.02. The van der Waals surface area contributed by atoms with Gasteiger partial charge in [-0.25, -0.2) is 4.79 Å². The van der Waals surface area contributed by atoms with Crippen molar-refractivity contribution in [1.29, 1.82) is 0 Å². The number of ketones is 1. The molecule has 0 aliphatic carbocycles. The highest BCUT2D eigenvalue weighted by atomic mass is 32.2. The predicted molar refractivity (Wildman–Crippen MR) is 113 cm³/mol. The van der Waals surface area contributed by atoms with Crippen molar-refractivity contribution in [3.05, 3.63) is 70.3 Å². The fourth-order valence-electron chi connectivity index (χ4n) is 4.14. The van der Waals surface area contributed by atoms with Gasteiger partial charge in [0.2, 0.25) is 5.91 Å². The van der Waals surface area contributed by atoms with Crippen molar-refractivity contribution in [3.8, 4) is 0 Å². The first-order valence-corrected chi connectivity index (χ1v) is 10.8. The smallest absolute Gasteiger partial charge is 0.351 e. The Morgan fingerprint density at radius 3 is 2.50 bits per heavy atom. The standard InChI is InChI=1S/C22H20N2O7S/c1-13(25)19-17-11-18(26)22(23(17)20(19)27,32-16-5-3-2-4-6-16)21(28)31-12-14-7-9-15(10-8-14)24(29)30/h2-10,13,17,19,25H,11-12H2,1H3/t13-,17-,19-,22-/m1/s1. The van der Waals surface area contributed by atoms with Crippen LogP contribution in [-0.2, 0) is 25.7 Å². The molecular formula is C22H20N2O7S. The summed E-state index contributed by atoms with van der Waals surface area (Å²) in [5, 5.41) is 20.8. The van der Waals surface area contributed by atoms with Gasteiger partial charge in [0.05, 0.1) is 23.0 Å². The number of ether oxygens (including phenoxy) is 1. The zero-order valence-electron chi connectivity index (χ0n) is 17.0. The first-order valence-electron chi connectivity index (χ1n) is 9.95. The number of β-lactam (4-membered cyclic amide) rings is 1. The molecule has 0 radical (unpaired) electrons. The molecule has 4 atom stereocenters. The van der Waals surface area contributed by atoms with Gasteiger partial charge in [-0.1, -0.05) is 30.0 Å². The molecule has 2 aliphatic rings. The van der Waals surface area contributed by atoms with Crippen LogP contribution >= 0.6 is 11.8 Å². The maximum absolute atomic E-state index is 13.3. The van der Waals surface area contributed by atoms with E-state index >= 15 is 0 Å². The summed E-state index contributed by atoms with van der Waals surface area (Å²) in [6.45, 7) is 1.27. The van der Waals surface area contributed by atoms with Gasteiger partial charge in [0.15, 0.2) is 5.78 Å². The number of nitro groups is 1. The van der Waals surface area contributed by atoms with Gasteiger partial charge in [-0.15, -0.1) is 0 Å². The molecule has 4 rings (SSSR count). The van der Waals surface area contributed by atoms with Gasteiger partial charge in [-0.2, -0.15) is 0 Å². The molecule has 0 spiro atoms. The van der Waals surface area contributed by atoms with Crippen LogP contribution < -0.4 is 0 Å². The monoisotopic (exact) mass is 456 g/mol. The van der Waals surface area contributed by atoms with Crippen LogP contribution in [0.1, 0.15) is 18.9 Å². The lowest BCUT2D eigenvalue weighted by molar-refractivity contribution is -0.384. The first-order chi connectivity index (χ1) is 15.3. The van der Waals surface area contributed by atoms with Crippen molar-refractivity contribution in [2.24, 2.45) is 5.92 Å². The van der Waals surface area contributed by atoms with E-state index < -0.39 is 45.5 Å². The number of amides is 1. The highest BCUT2D eigenvalue weighted by Crippen LogP contribution is 2.52. The lowest BCUT2D eigenvalue weighted by Gasteiger charge is -2.49. The van der Waals surface area contributed by atoms with Crippen LogP contribution in [0.2, 0.25) is 0 Å². The number of aliphatic hydroxyl groups excluding tert-OH is 1. The quantitative estimate of drug-likeness (QED) is 0.221. The molecule has 32 heavy (non-hydrogen) atoms. The van der Waals surface area contributed by atoms with Crippen molar-refractivity contribution in [3.63, 3.8) is 0 Å².